The van der Waals surface area contributed by atoms with Gasteiger partial charge in [-0.05, 0) is 13.8 Å². The van der Waals surface area contributed by atoms with Crippen LogP contribution in [0.4, 0.5) is 0 Å². The third-order valence-electron chi connectivity index (χ3n) is 0.895. The van der Waals surface area contributed by atoms with Crippen molar-refractivity contribution in [3.05, 3.63) is 11.4 Å². The quantitative estimate of drug-likeness (QED) is 0.637. The van der Waals surface area contributed by atoms with Crippen LogP contribution >= 0.6 is 19.2 Å². The Hall–Kier alpha value is 0.180. The molecule has 66 valence electrons. The van der Waals surface area contributed by atoms with Crippen molar-refractivity contribution in [1.82, 2.24) is 0 Å². The minimum absolute atomic E-state index is 0.0683. The normalized spacial score (nSPS) is 11.5. The van der Waals surface area contributed by atoms with Crippen LogP contribution in [0.3, 0.4) is 0 Å². The van der Waals surface area contributed by atoms with E-state index in [1.165, 1.54) is 0 Å². The molecule has 0 spiro atoms. The van der Waals surface area contributed by atoms with Gasteiger partial charge in [0.25, 0.3) is 0 Å². The molecule has 0 saturated carbocycles. The molecule has 0 amide bonds. The molecule has 0 aromatic carbocycles. The lowest BCUT2D eigenvalue weighted by Crippen LogP contribution is -1.94. The SMILES string of the molecule is C=C(Cl)P(=O)(OCC)OCC. The maximum atomic E-state index is 11.4. The largest absolute Gasteiger partial charge is 0.371 e. The Morgan fingerprint density at radius 1 is 1.45 bits per heavy atom. The lowest BCUT2D eigenvalue weighted by atomic mass is 10.9. The molecule has 0 heterocycles. The zero-order chi connectivity index (χ0) is 8.91. The van der Waals surface area contributed by atoms with Gasteiger partial charge in [0, 0.05) is 0 Å². The van der Waals surface area contributed by atoms with E-state index in [0.29, 0.717) is 13.2 Å². The topological polar surface area (TPSA) is 35.5 Å². The first-order valence-electron chi connectivity index (χ1n) is 3.31. The third kappa shape index (κ3) is 3.39. The van der Waals surface area contributed by atoms with Crippen molar-refractivity contribution in [1.29, 1.82) is 0 Å². The van der Waals surface area contributed by atoms with Crippen molar-refractivity contribution in [3.8, 4) is 0 Å². The van der Waals surface area contributed by atoms with Crippen molar-refractivity contribution >= 4 is 19.2 Å². The summed E-state index contributed by atoms with van der Waals surface area (Å²) in [6, 6.07) is 0. The van der Waals surface area contributed by atoms with E-state index in [4.69, 9.17) is 20.6 Å². The predicted octanol–water partition coefficient (Wildman–Crippen LogP) is 2.96. The minimum atomic E-state index is -3.22. The van der Waals surface area contributed by atoms with Crippen LogP contribution in [0.2, 0.25) is 0 Å². The average molecular weight is 199 g/mol. The number of hydrogen-bond donors (Lipinski definition) is 0. The van der Waals surface area contributed by atoms with Gasteiger partial charge in [-0.2, -0.15) is 0 Å². The molecule has 0 aliphatic rings. The summed E-state index contributed by atoms with van der Waals surface area (Å²) in [6.07, 6.45) is 0. The molecule has 0 aromatic heterocycles. The molecule has 0 saturated heterocycles. The number of rotatable bonds is 5. The summed E-state index contributed by atoms with van der Waals surface area (Å²) in [6.45, 7) is 7.33. The summed E-state index contributed by atoms with van der Waals surface area (Å²) in [5.41, 5.74) is 0. The highest BCUT2D eigenvalue weighted by Crippen LogP contribution is 2.56. The van der Waals surface area contributed by atoms with Crippen LogP contribution < -0.4 is 0 Å². The molecule has 0 aromatic rings. The Labute approximate surface area is 71.9 Å². The first-order valence-corrected chi connectivity index (χ1v) is 5.23. The first-order chi connectivity index (χ1) is 5.06. The van der Waals surface area contributed by atoms with Gasteiger partial charge in [0.2, 0.25) is 0 Å². The van der Waals surface area contributed by atoms with Crippen molar-refractivity contribution in [2.45, 2.75) is 13.8 Å². The fraction of sp³-hybridized carbons (Fsp3) is 0.667. The van der Waals surface area contributed by atoms with E-state index in [2.05, 4.69) is 6.58 Å². The summed E-state index contributed by atoms with van der Waals surface area (Å²) < 4.78 is 21.0. The molecule has 0 radical (unpaired) electrons. The molecule has 5 heteroatoms. The predicted molar refractivity (Wildman–Crippen MR) is 45.9 cm³/mol. The van der Waals surface area contributed by atoms with Crippen molar-refractivity contribution in [2.24, 2.45) is 0 Å². The zero-order valence-electron chi connectivity index (χ0n) is 6.67. The number of hydrogen-bond acceptors (Lipinski definition) is 3. The van der Waals surface area contributed by atoms with Gasteiger partial charge in [-0.1, -0.05) is 18.2 Å². The van der Waals surface area contributed by atoms with Gasteiger partial charge in [-0.25, -0.2) is 0 Å². The fourth-order valence-electron chi connectivity index (χ4n) is 0.517. The van der Waals surface area contributed by atoms with Gasteiger partial charge < -0.3 is 9.05 Å². The molecule has 0 N–H and O–H groups in total. The van der Waals surface area contributed by atoms with E-state index in [1.807, 2.05) is 0 Å². The summed E-state index contributed by atoms with van der Waals surface area (Å²) in [5, 5.41) is 0. The molecule has 0 rings (SSSR count). The van der Waals surface area contributed by atoms with Gasteiger partial charge >= 0.3 is 7.60 Å². The zero-order valence-corrected chi connectivity index (χ0v) is 8.32. The van der Waals surface area contributed by atoms with Crippen molar-refractivity contribution in [3.63, 3.8) is 0 Å². The van der Waals surface area contributed by atoms with Gasteiger partial charge in [-0.15, -0.1) is 0 Å². The Morgan fingerprint density at radius 3 is 2.00 bits per heavy atom. The molecule has 3 nitrogen and oxygen atoms in total. The third-order valence-corrected chi connectivity index (χ3v) is 3.31. The molecular weight excluding hydrogens is 186 g/mol. The molecule has 11 heavy (non-hydrogen) atoms. The molecular formula is C6H12ClO3P. The Kier molecular flexibility index (Phi) is 5.02. The maximum Gasteiger partial charge on any atom is 0.371 e. The van der Waals surface area contributed by atoms with Crippen molar-refractivity contribution < 1.29 is 13.6 Å². The molecule has 0 unspecified atom stereocenters. The summed E-state index contributed by atoms with van der Waals surface area (Å²) >= 11 is 5.43. The Balaban J connectivity index is 4.27. The van der Waals surface area contributed by atoms with E-state index in [0.717, 1.165) is 0 Å². The van der Waals surface area contributed by atoms with Crippen LogP contribution in [-0.2, 0) is 13.6 Å². The van der Waals surface area contributed by atoms with Crippen LogP contribution in [-0.4, -0.2) is 13.2 Å². The van der Waals surface area contributed by atoms with E-state index in [9.17, 15) is 4.57 Å². The molecule has 0 aliphatic heterocycles. The standard InChI is InChI=1S/C6H12ClO3P/c1-4-9-11(8,6(3)7)10-5-2/h3-5H2,1-2H3. The Morgan fingerprint density at radius 2 is 1.82 bits per heavy atom. The van der Waals surface area contributed by atoms with Gasteiger partial charge in [0.05, 0.1) is 13.2 Å². The van der Waals surface area contributed by atoms with E-state index in [1.54, 1.807) is 13.8 Å². The molecule has 0 fully saturated rings. The molecule has 0 atom stereocenters. The average Bonchev–Trinajstić information content (AvgIpc) is 1.88. The minimum Gasteiger partial charge on any atom is -0.305 e. The highest BCUT2D eigenvalue weighted by atomic mass is 35.5. The van der Waals surface area contributed by atoms with E-state index < -0.39 is 7.60 Å². The molecule has 0 aliphatic carbocycles. The monoisotopic (exact) mass is 198 g/mol. The van der Waals surface area contributed by atoms with E-state index in [-0.39, 0.29) is 4.77 Å². The summed E-state index contributed by atoms with van der Waals surface area (Å²) in [7, 11) is -3.22. The van der Waals surface area contributed by atoms with Gasteiger partial charge in [0.15, 0.2) is 0 Å². The summed E-state index contributed by atoms with van der Waals surface area (Å²) in [4.78, 5) is 0. The lowest BCUT2D eigenvalue weighted by Gasteiger charge is -2.14. The van der Waals surface area contributed by atoms with Crippen LogP contribution in [0, 0.1) is 0 Å². The van der Waals surface area contributed by atoms with Crippen molar-refractivity contribution in [2.75, 3.05) is 13.2 Å². The number of halogens is 1. The van der Waals surface area contributed by atoms with Gasteiger partial charge in [-0.3, -0.25) is 4.57 Å². The second-order valence-electron chi connectivity index (χ2n) is 1.71. The van der Waals surface area contributed by atoms with Crippen LogP contribution in [0.5, 0.6) is 0 Å². The molecule has 0 bridgehead atoms. The second-order valence-corrected chi connectivity index (χ2v) is 4.48. The van der Waals surface area contributed by atoms with Gasteiger partial charge in [0.1, 0.15) is 4.77 Å². The Bertz CT molecular complexity index is 171. The highest BCUT2D eigenvalue weighted by Gasteiger charge is 2.26. The first kappa shape index (κ1) is 11.2. The highest BCUT2D eigenvalue weighted by molar-refractivity contribution is 7.60. The second kappa shape index (κ2) is 4.94. The summed E-state index contributed by atoms with van der Waals surface area (Å²) in [5.74, 6) is 0. The fourth-order valence-corrected chi connectivity index (χ4v) is 1.84. The maximum absolute atomic E-state index is 11.4. The van der Waals surface area contributed by atoms with Crippen LogP contribution in [0.1, 0.15) is 13.8 Å². The van der Waals surface area contributed by atoms with Crippen LogP contribution in [0.15, 0.2) is 11.4 Å². The smallest absolute Gasteiger partial charge is 0.305 e. The van der Waals surface area contributed by atoms with Crippen LogP contribution in [0.25, 0.3) is 0 Å². The van der Waals surface area contributed by atoms with E-state index >= 15 is 0 Å². The lowest BCUT2D eigenvalue weighted by molar-refractivity contribution is 0.228.